The second kappa shape index (κ2) is 7.37. The quantitative estimate of drug-likeness (QED) is 0.586. The summed E-state index contributed by atoms with van der Waals surface area (Å²) in [6.07, 6.45) is 6.11. The van der Waals surface area contributed by atoms with Crippen molar-refractivity contribution in [3.63, 3.8) is 0 Å². The van der Waals surface area contributed by atoms with Crippen LogP contribution in [-0.2, 0) is 0 Å². The van der Waals surface area contributed by atoms with Crippen LogP contribution in [0.3, 0.4) is 0 Å². The molecule has 3 aromatic rings. The normalized spacial score (nSPS) is 11.9. The van der Waals surface area contributed by atoms with Gasteiger partial charge in [-0.3, -0.25) is 0 Å². The van der Waals surface area contributed by atoms with Gasteiger partial charge in [-0.25, -0.2) is 4.98 Å². The molecule has 1 heterocycles. The molecule has 1 unspecified atom stereocenters. The van der Waals surface area contributed by atoms with E-state index >= 15 is 0 Å². The van der Waals surface area contributed by atoms with E-state index < -0.39 is 0 Å². The average molecular weight is 339 g/mol. The standard InChI is InChI=1S/C20H19ClN2O/c1-3-19(16-7-5-4-6-8-16)24-20-10-9-17(21)13-18(20)15(2)23-12-11-22-14-23/h4-14,19H,2-3H2,1H3. The van der Waals surface area contributed by atoms with Crippen molar-refractivity contribution < 1.29 is 4.74 Å². The van der Waals surface area contributed by atoms with Crippen molar-refractivity contribution in [3.8, 4) is 5.75 Å². The van der Waals surface area contributed by atoms with Crippen molar-refractivity contribution in [2.45, 2.75) is 19.4 Å². The monoisotopic (exact) mass is 338 g/mol. The number of benzene rings is 2. The molecule has 3 nitrogen and oxygen atoms in total. The molecule has 0 saturated carbocycles. The van der Waals surface area contributed by atoms with Crippen LogP contribution >= 0.6 is 11.6 Å². The molecule has 0 bridgehead atoms. The third-order valence-corrected chi connectivity index (χ3v) is 4.12. The molecular weight excluding hydrogens is 320 g/mol. The fraction of sp³-hybridized carbons (Fsp3) is 0.150. The topological polar surface area (TPSA) is 27.1 Å². The molecule has 1 atom stereocenters. The van der Waals surface area contributed by atoms with Crippen LogP contribution in [0, 0.1) is 0 Å². The highest BCUT2D eigenvalue weighted by Crippen LogP contribution is 2.33. The van der Waals surface area contributed by atoms with Crippen LogP contribution in [0.4, 0.5) is 0 Å². The number of hydrogen-bond acceptors (Lipinski definition) is 2. The minimum absolute atomic E-state index is 0.0262. The van der Waals surface area contributed by atoms with Gasteiger partial charge in [0.2, 0.25) is 0 Å². The number of rotatable bonds is 6. The van der Waals surface area contributed by atoms with Crippen molar-refractivity contribution in [1.29, 1.82) is 0 Å². The highest BCUT2D eigenvalue weighted by atomic mass is 35.5. The van der Waals surface area contributed by atoms with Gasteiger partial charge in [-0.1, -0.05) is 55.4 Å². The average Bonchev–Trinajstić information content (AvgIpc) is 3.15. The van der Waals surface area contributed by atoms with E-state index in [-0.39, 0.29) is 6.10 Å². The molecule has 1 aromatic heterocycles. The lowest BCUT2D eigenvalue weighted by molar-refractivity contribution is 0.200. The third-order valence-electron chi connectivity index (χ3n) is 3.88. The molecule has 2 aromatic carbocycles. The van der Waals surface area contributed by atoms with Crippen molar-refractivity contribution in [1.82, 2.24) is 9.55 Å². The molecule has 0 aliphatic rings. The number of hydrogen-bond donors (Lipinski definition) is 0. The van der Waals surface area contributed by atoms with Gasteiger partial charge in [0.1, 0.15) is 11.9 Å². The van der Waals surface area contributed by atoms with Crippen LogP contribution in [0.25, 0.3) is 5.70 Å². The van der Waals surface area contributed by atoms with Crippen molar-refractivity contribution in [2.75, 3.05) is 0 Å². The number of ether oxygens (including phenoxy) is 1. The first-order valence-electron chi connectivity index (χ1n) is 7.87. The van der Waals surface area contributed by atoms with Gasteiger partial charge in [-0.2, -0.15) is 0 Å². The predicted octanol–water partition coefficient (Wildman–Crippen LogP) is 5.59. The van der Waals surface area contributed by atoms with Crippen LogP contribution in [0.5, 0.6) is 5.75 Å². The van der Waals surface area contributed by atoms with Crippen molar-refractivity contribution in [3.05, 3.63) is 90.0 Å². The Hall–Kier alpha value is -2.52. The summed E-state index contributed by atoms with van der Waals surface area (Å²) in [7, 11) is 0. The van der Waals surface area contributed by atoms with Gasteiger partial charge in [0, 0.05) is 23.0 Å². The largest absolute Gasteiger partial charge is 0.485 e. The highest BCUT2D eigenvalue weighted by molar-refractivity contribution is 6.30. The maximum atomic E-state index is 6.30. The molecule has 0 fully saturated rings. The Morgan fingerprint density at radius 2 is 2.04 bits per heavy atom. The fourth-order valence-corrected chi connectivity index (χ4v) is 2.77. The van der Waals surface area contributed by atoms with E-state index in [1.54, 1.807) is 12.5 Å². The molecule has 0 saturated heterocycles. The summed E-state index contributed by atoms with van der Waals surface area (Å²) in [6.45, 7) is 6.27. The second-order valence-electron chi connectivity index (χ2n) is 5.48. The van der Waals surface area contributed by atoms with Gasteiger partial charge in [0.05, 0.1) is 12.0 Å². The number of aromatic nitrogens is 2. The summed E-state index contributed by atoms with van der Waals surface area (Å²) in [5, 5.41) is 0.645. The molecule has 0 radical (unpaired) electrons. The van der Waals surface area contributed by atoms with Gasteiger partial charge in [0.15, 0.2) is 0 Å². The van der Waals surface area contributed by atoms with E-state index in [1.165, 1.54) is 0 Å². The van der Waals surface area contributed by atoms with E-state index in [1.807, 2.05) is 47.2 Å². The summed E-state index contributed by atoms with van der Waals surface area (Å²) in [5.41, 5.74) is 2.77. The van der Waals surface area contributed by atoms with Gasteiger partial charge < -0.3 is 9.30 Å². The second-order valence-corrected chi connectivity index (χ2v) is 5.92. The molecule has 0 amide bonds. The van der Waals surface area contributed by atoms with Crippen molar-refractivity contribution >= 4 is 17.3 Å². The summed E-state index contributed by atoms with van der Waals surface area (Å²) in [6, 6.07) is 15.8. The molecule has 0 N–H and O–H groups in total. The number of imidazole rings is 1. The summed E-state index contributed by atoms with van der Waals surface area (Å²) in [4.78, 5) is 4.07. The number of nitrogens with zero attached hydrogens (tertiary/aromatic N) is 2. The first-order valence-corrected chi connectivity index (χ1v) is 8.25. The third kappa shape index (κ3) is 3.52. The van der Waals surface area contributed by atoms with Crippen LogP contribution in [0.2, 0.25) is 5.02 Å². The highest BCUT2D eigenvalue weighted by Gasteiger charge is 2.16. The zero-order chi connectivity index (χ0) is 16.9. The number of halogens is 1. The van der Waals surface area contributed by atoms with Gasteiger partial charge in [0.25, 0.3) is 0 Å². The smallest absolute Gasteiger partial charge is 0.129 e. The molecule has 24 heavy (non-hydrogen) atoms. The van der Waals surface area contributed by atoms with Crippen LogP contribution in [-0.4, -0.2) is 9.55 Å². The van der Waals surface area contributed by atoms with E-state index in [2.05, 4.69) is 30.6 Å². The van der Waals surface area contributed by atoms with Gasteiger partial charge in [-0.05, 0) is 30.2 Å². The molecule has 122 valence electrons. The van der Waals surface area contributed by atoms with E-state index in [9.17, 15) is 0 Å². The molecule has 0 spiro atoms. The lowest BCUT2D eigenvalue weighted by Gasteiger charge is -2.21. The van der Waals surface area contributed by atoms with Crippen molar-refractivity contribution in [2.24, 2.45) is 0 Å². The Morgan fingerprint density at radius 3 is 2.71 bits per heavy atom. The van der Waals surface area contributed by atoms with Crippen LogP contribution < -0.4 is 4.74 Å². The first kappa shape index (κ1) is 16.3. The molecule has 0 aliphatic carbocycles. The predicted molar refractivity (Wildman–Crippen MR) is 98.2 cm³/mol. The Balaban J connectivity index is 1.94. The summed E-state index contributed by atoms with van der Waals surface area (Å²) < 4.78 is 8.15. The first-order chi connectivity index (χ1) is 11.7. The lowest BCUT2D eigenvalue weighted by atomic mass is 10.1. The minimum atomic E-state index is -0.0262. The Morgan fingerprint density at radius 1 is 1.25 bits per heavy atom. The maximum absolute atomic E-state index is 6.30. The van der Waals surface area contributed by atoms with E-state index in [4.69, 9.17) is 16.3 Å². The minimum Gasteiger partial charge on any atom is -0.485 e. The zero-order valence-electron chi connectivity index (χ0n) is 13.5. The van der Waals surface area contributed by atoms with Gasteiger partial charge >= 0.3 is 0 Å². The molecule has 0 aliphatic heterocycles. The Labute approximate surface area is 147 Å². The summed E-state index contributed by atoms with van der Waals surface area (Å²) >= 11 is 6.19. The molecule has 4 heteroatoms. The molecule has 3 rings (SSSR count). The van der Waals surface area contributed by atoms with Crippen LogP contribution in [0.15, 0.2) is 73.8 Å². The molecular formula is C20H19ClN2O. The van der Waals surface area contributed by atoms with Gasteiger partial charge in [-0.15, -0.1) is 0 Å². The lowest BCUT2D eigenvalue weighted by Crippen LogP contribution is -2.08. The Bertz CT molecular complexity index is 813. The zero-order valence-corrected chi connectivity index (χ0v) is 14.3. The SMILES string of the molecule is C=C(c1cc(Cl)ccc1OC(CC)c1ccccc1)n1ccnc1. The van der Waals surface area contributed by atoms with E-state index in [0.717, 1.165) is 29.0 Å². The maximum Gasteiger partial charge on any atom is 0.129 e. The fourth-order valence-electron chi connectivity index (χ4n) is 2.60. The van der Waals surface area contributed by atoms with Crippen LogP contribution in [0.1, 0.15) is 30.6 Å². The van der Waals surface area contributed by atoms with E-state index in [0.29, 0.717) is 5.02 Å². The Kier molecular flexibility index (Phi) is 5.02. The summed E-state index contributed by atoms with van der Waals surface area (Å²) in [5.74, 6) is 0.758.